The third-order valence-electron chi connectivity index (χ3n) is 12.5. The van der Waals surface area contributed by atoms with Gasteiger partial charge in [-0.1, -0.05) is 12.1 Å². The third kappa shape index (κ3) is 5.02. The van der Waals surface area contributed by atoms with Crippen LogP contribution in [-0.4, -0.2) is 79.4 Å². The van der Waals surface area contributed by atoms with Crippen molar-refractivity contribution in [3.63, 3.8) is 0 Å². The second-order valence-corrected chi connectivity index (χ2v) is 15.7. The molecule has 2 amide bonds. The van der Waals surface area contributed by atoms with Gasteiger partial charge in [-0.05, 0) is 94.4 Å². The molecule has 2 atom stereocenters. The molecule has 3 aromatic heterocycles. The number of aromatic nitrogens is 4. The number of fused-ring (bicyclic) bond motifs is 5. The lowest BCUT2D eigenvalue weighted by molar-refractivity contribution is -0.134. The predicted molar refractivity (Wildman–Crippen MR) is 191 cm³/mol. The van der Waals surface area contributed by atoms with E-state index in [1.807, 2.05) is 15.5 Å². The highest BCUT2D eigenvalue weighted by atomic mass is 19.1. The van der Waals surface area contributed by atoms with Crippen molar-refractivity contribution in [3.8, 4) is 11.3 Å². The SMILES string of the molecule is CC(=O)N1CCC2(CC1)C(=O)N(C1CC(N3CC4CCC(C4)C3)C1)c1cc(-c3cc4ncn(C(C)C)c4c(Nc4ccncc4F)n3)ccc12. The molecule has 2 saturated heterocycles. The number of piperidine rings is 2. The predicted octanol–water partition coefficient (Wildman–Crippen LogP) is 6.45. The van der Waals surface area contributed by atoms with Crippen LogP contribution in [0.15, 0.2) is 49.1 Å². The van der Waals surface area contributed by atoms with Crippen LogP contribution >= 0.6 is 0 Å². The van der Waals surface area contributed by atoms with Crippen molar-refractivity contribution in [1.29, 1.82) is 0 Å². The van der Waals surface area contributed by atoms with E-state index in [0.29, 0.717) is 43.5 Å². The molecule has 0 radical (unpaired) electrons. The summed E-state index contributed by atoms with van der Waals surface area (Å²) in [6, 6.07) is 10.7. The molecule has 1 N–H and O–H groups in total. The Kier molecular flexibility index (Phi) is 7.49. The Morgan fingerprint density at radius 3 is 2.48 bits per heavy atom. The molecule has 3 aliphatic heterocycles. The fraction of sp³-hybridized carbons (Fsp3) is 0.513. The number of rotatable bonds is 6. The molecule has 2 saturated carbocycles. The van der Waals surface area contributed by atoms with Crippen LogP contribution in [0.2, 0.25) is 0 Å². The van der Waals surface area contributed by atoms with Crippen LogP contribution < -0.4 is 10.2 Å². The van der Waals surface area contributed by atoms with Crippen molar-refractivity contribution in [1.82, 2.24) is 29.3 Å². The summed E-state index contributed by atoms with van der Waals surface area (Å²) >= 11 is 0. The average Bonchev–Trinajstić information content (AvgIpc) is 3.74. The fourth-order valence-corrected chi connectivity index (χ4v) is 9.70. The van der Waals surface area contributed by atoms with Gasteiger partial charge in [-0.3, -0.25) is 19.5 Å². The van der Waals surface area contributed by atoms with Crippen LogP contribution in [0.25, 0.3) is 22.3 Å². The number of likely N-dealkylation sites (tertiary alicyclic amines) is 2. The summed E-state index contributed by atoms with van der Waals surface area (Å²) in [5, 5.41) is 3.23. The number of amides is 2. The first kappa shape index (κ1) is 31.6. The molecule has 4 aromatic rings. The smallest absolute Gasteiger partial charge is 0.238 e. The van der Waals surface area contributed by atoms with Crippen molar-refractivity contribution in [2.24, 2.45) is 11.8 Å². The molecule has 1 aromatic carbocycles. The Morgan fingerprint density at radius 2 is 1.78 bits per heavy atom. The maximum atomic E-state index is 14.8. The average molecular weight is 677 g/mol. The van der Waals surface area contributed by atoms with Gasteiger partial charge in [-0.15, -0.1) is 0 Å². The van der Waals surface area contributed by atoms with E-state index in [0.717, 1.165) is 52.5 Å². The molecule has 11 heteroatoms. The maximum absolute atomic E-state index is 14.8. The highest BCUT2D eigenvalue weighted by molar-refractivity contribution is 6.09. The van der Waals surface area contributed by atoms with Gasteiger partial charge in [0, 0.05) is 68.7 Å². The first-order valence-electron chi connectivity index (χ1n) is 18.4. The van der Waals surface area contributed by atoms with Gasteiger partial charge in [0.1, 0.15) is 5.52 Å². The Balaban J connectivity index is 1.09. The summed E-state index contributed by atoms with van der Waals surface area (Å²) in [6.07, 6.45) is 11.9. The molecule has 4 fully saturated rings. The molecule has 2 aliphatic carbocycles. The molecule has 2 unspecified atom stereocenters. The number of benzene rings is 1. The van der Waals surface area contributed by atoms with Gasteiger partial charge in [0.15, 0.2) is 11.6 Å². The van der Waals surface area contributed by atoms with E-state index in [9.17, 15) is 14.0 Å². The first-order valence-corrected chi connectivity index (χ1v) is 18.4. The number of hydrogen-bond donors (Lipinski definition) is 1. The van der Waals surface area contributed by atoms with Gasteiger partial charge >= 0.3 is 0 Å². The molecule has 1 spiro atoms. The Labute approximate surface area is 292 Å². The molecule has 5 aliphatic rings. The lowest BCUT2D eigenvalue weighted by Crippen LogP contribution is -2.59. The van der Waals surface area contributed by atoms with E-state index in [2.05, 4.69) is 52.1 Å². The molecule has 9 rings (SSSR count). The number of nitrogens with zero attached hydrogens (tertiary/aromatic N) is 7. The van der Waals surface area contributed by atoms with Gasteiger partial charge < -0.3 is 19.7 Å². The highest BCUT2D eigenvalue weighted by Crippen LogP contribution is 2.52. The van der Waals surface area contributed by atoms with E-state index in [1.54, 1.807) is 25.5 Å². The number of halogens is 1. The summed E-state index contributed by atoms with van der Waals surface area (Å²) in [6.45, 7) is 9.34. The zero-order valence-corrected chi connectivity index (χ0v) is 29.1. The Bertz CT molecular complexity index is 1980. The zero-order chi connectivity index (χ0) is 34.3. The van der Waals surface area contributed by atoms with E-state index in [1.165, 1.54) is 38.5 Å². The zero-order valence-electron chi connectivity index (χ0n) is 29.1. The third-order valence-corrected chi connectivity index (χ3v) is 12.5. The second kappa shape index (κ2) is 11.9. The van der Waals surface area contributed by atoms with Gasteiger partial charge in [-0.2, -0.15) is 0 Å². The minimum Gasteiger partial charge on any atom is -0.343 e. The second-order valence-electron chi connectivity index (χ2n) is 15.7. The lowest BCUT2D eigenvalue weighted by Gasteiger charge is -2.49. The number of carbonyl (C=O) groups is 2. The molecule has 2 bridgehead atoms. The topological polar surface area (TPSA) is 99.5 Å². The molecule has 260 valence electrons. The van der Waals surface area contributed by atoms with E-state index >= 15 is 0 Å². The van der Waals surface area contributed by atoms with Crippen molar-refractivity contribution < 1.29 is 14.0 Å². The molecule has 10 nitrogen and oxygen atoms in total. The van der Waals surface area contributed by atoms with Crippen molar-refractivity contribution in [3.05, 3.63) is 60.4 Å². The van der Waals surface area contributed by atoms with Crippen molar-refractivity contribution in [2.45, 2.75) is 89.3 Å². The summed E-state index contributed by atoms with van der Waals surface area (Å²) in [4.78, 5) is 47.5. The molecule has 50 heavy (non-hydrogen) atoms. The van der Waals surface area contributed by atoms with Crippen LogP contribution in [0.1, 0.15) is 77.3 Å². The van der Waals surface area contributed by atoms with Gasteiger partial charge in [0.2, 0.25) is 11.8 Å². The minimum absolute atomic E-state index is 0.0625. The number of imidazole rings is 1. The first-order chi connectivity index (χ1) is 24.2. The Morgan fingerprint density at radius 1 is 1.02 bits per heavy atom. The fourth-order valence-electron chi connectivity index (χ4n) is 9.70. The number of nitrogens with one attached hydrogen (secondary N) is 1. The van der Waals surface area contributed by atoms with Crippen LogP contribution in [0.4, 0.5) is 21.6 Å². The normalized spacial score (nSPS) is 25.8. The number of hydrogen-bond acceptors (Lipinski definition) is 7. The number of carbonyl (C=O) groups excluding carboxylic acids is 2. The summed E-state index contributed by atoms with van der Waals surface area (Å²) in [5.74, 6) is 1.97. The van der Waals surface area contributed by atoms with Gasteiger partial charge in [0.25, 0.3) is 0 Å². The number of anilines is 3. The minimum atomic E-state index is -0.631. The van der Waals surface area contributed by atoms with Crippen LogP contribution in [0, 0.1) is 17.7 Å². The largest absolute Gasteiger partial charge is 0.343 e. The van der Waals surface area contributed by atoms with Crippen LogP contribution in [0.3, 0.4) is 0 Å². The summed E-state index contributed by atoms with van der Waals surface area (Å²) < 4.78 is 16.9. The maximum Gasteiger partial charge on any atom is 0.238 e. The van der Waals surface area contributed by atoms with Crippen LogP contribution in [-0.2, 0) is 15.0 Å². The summed E-state index contributed by atoms with van der Waals surface area (Å²) in [5.41, 5.74) is 4.80. The van der Waals surface area contributed by atoms with E-state index in [-0.39, 0.29) is 29.6 Å². The van der Waals surface area contributed by atoms with E-state index in [4.69, 9.17) is 9.97 Å². The lowest BCUT2D eigenvalue weighted by atomic mass is 9.73. The quantitative estimate of drug-likeness (QED) is 0.251. The van der Waals surface area contributed by atoms with Gasteiger partial charge in [0.05, 0.1) is 34.8 Å². The van der Waals surface area contributed by atoms with Crippen LogP contribution in [0.5, 0.6) is 0 Å². The van der Waals surface area contributed by atoms with Gasteiger partial charge in [-0.25, -0.2) is 14.4 Å². The van der Waals surface area contributed by atoms with Crippen molar-refractivity contribution >= 4 is 40.0 Å². The van der Waals surface area contributed by atoms with E-state index < -0.39 is 11.2 Å². The number of pyridine rings is 2. The van der Waals surface area contributed by atoms with Crippen molar-refractivity contribution in [2.75, 3.05) is 36.4 Å². The molecular formula is C39H45FN8O2. The monoisotopic (exact) mass is 676 g/mol. The summed E-state index contributed by atoms with van der Waals surface area (Å²) in [7, 11) is 0. The molecule has 6 heterocycles. The molecular weight excluding hydrogens is 631 g/mol. The standard InChI is InChI=1S/C39H45FN8O2/c1-23(2)47-22-42-34-18-33(44-37(36(34)47)43-32-8-11-41-19-31(32)40)27-6-7-30-35(15-27)48(38(50)39(30)9-12-45(13-10-39)24(3)49)29-16-28(17-29)46-20-25-4-5-26(14-25)21-46/h6-8,11,15,18-19,22-23,25-26,28-29H,4-5,9-10,12-14,16-17,20-21H2,1-3H3,(H,41,43,44). The Hall–Kier alpha value is -4.38. The highest BCUT2D eigenvalue weighted by Gasteiger charge is 2.56.